The number of ether oxygens (including phenoxy) is 2. The number of carbonyl (C=O) groups is 1. The van der Waals surface area contributed by atoms with Gasteiger partial charge in [-0.1, -0.05) is 18.2 Å². The molecule has 8 heteroatoms. The van der Waals surface area contributed by atoms with Crippen molar-refractivity contribution in [2.45, 2.75) is 20.0 Å². The number of imidazole rings is 1. The third-order valence-electron chi connectivity index (χ3n) is 7.35. The minimum absolute atomic E-state index is 0.0151. The summed E-state index contributed by atoms with van der Waals surface area (Å²) in [4.78, 5) is 26.4. The molecule has 2 aromatic carbocycles. The number of para-hydroxylation sites is 1. The number of methoxy groups -OCH3 is 1. The molecule has 0 aliphatic carbocycles. The fourth-order valence-electron chi connectivity index (χ4n) is 5.42. The summed E-state index contributed by atoms with van der Waals surface area (Å²) in [6.45, 7) is 7.37. The van der Waals surface area contributed by atoms with Gasteiger partial charge in [0.05, 0.1) is 16.9 Å². The van der Waals surface area contributed by atoms with Crippen molar-refractivity contribution in [2.75, 3.05) is 51.3 Å². The van der Waals surface area contributed by atoms with Crippen molar-refractivity contribution in [1.29, 1.82) is 0 Å². The van der Waals surface area contributed by atoms with Crippen LogP contribution < -0.4 is 9.64 Å². The minimum atomic E-state index is -0.131. The van der Waals surface area contributed by atoms with Crippen LogP contribution in [-0.4, -0.2) is 71.7 Å². The van der Waals surface area contributed by atoms with E-state index in [4.69, 9.17) is 14.5 Å². The maximum absolute atomic E-state index is 12.4. The Labute approximate surface area is 216 Å². The summed E-state index contributed by atoms with van der Waals surface area (Å²) in [6, 6.07) is 16.9. The van der Waals surface area contributed by atoms with Gasteiger partial charge in [0, 0.05) is 56.6 Å². The van der Waals surface area contributed by atoms with Gasteiger partial charge in [-0.15, -0.1) is 0 Å². The summed E-state index contributed by atoms with van der Waals surface area (Å²) in [5, 5.41) is 1.22. The molecule has 0 bridgehead atoms. The molecule has 0 atom stereocenters. The Balaban J connectivity index is 1.12. The van der Waals surface area contributed by atoms with Gasteiger partial charge in [0.25, 0.3) is 0 Å². The monoisotopic (exact) mass is 497 g/mol. The normalized spacial score (nSPS) is 15.4. The number of Topliss-reactive ketones (excluding diaryl/α,β-unsaturated/α-hetero) is 1. The predicted molar refractivity (Wildman–Crippen MR) is 143 cm³/mol. The molecule has 0 amide bonds. The first kappa shape index (κ1) is 23.6. The molecular weight excluding hydrogens is 466 g/mol. The molecule has 0 unspecified atom stereocenters. The second kappa shape index (κ2) is 9.95. The smallest absolute Gasteiger partial charge is 0.208 e. The van der Waals surface area contributed by atoms with Crippen molar-refractivity contribution in [2.24, 2.45) is 0 Å². The van der Waals surface area contributed by atoms with E-state index in [2.05, 4.69) is 57.2 Å². The number of ketones is 1. The van der Waals surface area contributed by atoms with Gasteiger partial charge in [-0.2, -0.15) is 0 Å². The highest BCUT2D eigenvalue weighted by atomic mass is 16.5. The summed E-state index contributed by atoms with van der Waals surface area (Å²) in [6.07, 6.45) is 2.62. The Bertz CT molecular complexity index is 1460. The zero-order chi connectivity index (χ0) is 25.4. The van der Waals surface area contributed by atoms with Gasteiger partial charge in [-0.25, -0.2) is 4.98 Å². The first-order valence-electron chi connectivity index (χ1n) is 12.8. The van der Waals surface area contributed by atoms with Crippen LogP contribution in [0.25, 0.3) is 16.6 Å². The lowest BCUT2D eigenvalue weighted by Gasteiger charge is -2.36. The van der Waals surface area contributed by atoms with Crippen molar-refractivity contribution in [3.8, 4) is 11.4 Å². The van der Waals surface area contributed by atoms with Crippen LogP contribution >= 0.6 is 0 Å². The fraction of sp³-hybridized carbons (Fsp3) is 0.345. The number of fused-ring (bicyclic) bond motifs is 4. The number of anilines is 1. The number of aryl methyl sites for hydroxylation is 1. The second-order valence-electron chi connectivity index (χ2n) is 9.70. The lowest BCUT2D eigenvalue weighted by molar-refractivity contribution is 0.0840. The maximum Gasteiger partial charge on any atom is 0.208 e. The number of aromatic nitrogens is 3. The molecule has 0 radical (unpaired) electrons. The van der Waals surface area contributed by atoms with Crippen molar-refractivity contribution in [3.63, 3.8) is 0 Å². The van der Waals surface area contributed by atoms with Crippen LogP contribution in [0.3, 0.4) is 0 Å². The van der Waals surface area contributed by atoms with Crippen LogP contribution in [0.5, 0.6) is 5.75 Å². The molecule has 4 heterocycles. The lowest BCUT2D eigenvalue weighted by atomic mass is 10.1. The molecule has 0 spiro atoms. The number of hydrogen-bond acceptors (Lipinski definition) is 7. The number of benzene rings is 2. The van der Waals surface area contributed by atoms with Gasteiger partial charge in [0.2, 0.25) is 5.78 Å². The minimum Gasteiger partial charge on any atom is -0.485 e. The maximum atomic E-state index is 12.4. The van der Waals surface area contributed by atoms with Crippen molar-refractivity contribution >= 4 is 22.4 Å². The van der Waals surface area contributed by atoms with Crippen LogP contribution in [0, 0.1) is 6.92 Å². The number of piperazine rings is 1. The number of nitrogens with zero attached hydrogens (tertiary/aromatic N) is 5. The molecular formula is C29H31N5O3. The summed E-state index contributed by atoms with van der Waals surface area (Å²) < 4.78 is 13.2. The van der Waals surface area contributed by atoms with E-state index in [-0.39, 0.29) is 12.4 Å². The molecule has 8 nitrogen and oxygen atoms in total. The average molecular weight is 498 g/mol. The van der Waals surface area contributed by atoms with E-state index < -0.39 is 0 Å². The molecule has 190 valence electrons. The van der Waals surface area contributed by atoms with Gasteiger partial charge in [-0.05, 0) is 49.2 Å². The predicted octanol–water partition coefficient (Wildman–Crippen LogP) is 3.82. The molecule has 0 saturated carbocycles. The van der Waals surface area contributed by atoms with Crippen molar-refractivity contribution in [3.05, 3.63) is 77.5 Å². The zero-order valence-corrected chi connectivity index (χ0v) is 21.3. The van der Waals surface area contributed by atoms with E-state index in [1.807, 2.05) is 17.6 Å². The standard InChI is InChI=1S/C29H31N5O3/c1-20-9-10-22-23(31-20)6-4-7-24(22)33-15-13-32(14-16-33)12-11-21-5-3-8-25-29(21)37-17-26-28(27(35)18-36-2)30-19-34(25)26/h3-10,19H,11-18H2,1-2H3. The Hall–Kier alpha value is -3.75. The van der Waals surface area contributed by atoms with Crippen LogP contribution in [0.2, 0.25) is 0 Å². The van der Waals surface area contributed by atoms with Crippen molar-refractivity contribution < 1.29 is 14.3 Å². The van der Waals surface area contributed by atoms with Gasteiger partial charge in [0.1, 0.15) is 31.0 Å². The molecule has 2 aliphatic rings. The highest BCUT2D eigenvalue weighted by Gasteiger charge is 2.26. The summed E-state index contributed by atoms with van der Waals surface area (Å²) in [7, 11) is 1.51. The van der Waals surface area contributed by atoms with Crippen LogP contribution in [-0.2, 0) is 17.8 Å². The van der Waals surface area contributed by atoms with Gasteiger partial charge in [-0.3, -0.25) is 19.2 Å². The first-order chi connectivity index (χ1) is 18.1. The topological polar surface area (TPSA) is 72.7 Å². The summed E-state index contributed by atoms with van der Waals surface area (Å²) in [5.74, 6) is 0.754. The molecule has 2 aliphatic heterocycles. The van der Waals surface area contributed by atoms with E-state index in [9.17, 15) is 4.79 Å². The van der Waals surface area contributed by atoms with E-state index >= 15 is 0 Å². The highest BCUT2D eigenvalue weighted by Crippen LogP contribution is 2.35. The molecule has 4 aromatic rings. The molecule has 1 saturated heterocycles. The molecule has 0 N–H and O–H groups in total. The fourth-order valence-corrected chi connectivity index (χ4v) is 5.42. The number of rotatable bonds is 7. The molecule has 1 fully saturated rings. The van der Waals surface area contributed by atoms with E-state index in [0.717, 1.165) is 67.5 Å². The lowest BCUT2D eigenvalue weighted by Crippen LogP contribution is -2.47. The van der Waals surface area contributed by atoms with Crippen LogP contribution in [0.15, 0.2) is 54.9 Å². The SMILES string of the molecule is COCC(=O)c1ncn2c1COc1c(CCN3CCN(c4cccc5nc(C)ccc45)CC3)cccc1-2. The number of pyridine rings is 1. The van der Waals surface area contributed by atoms with E-state index in [1.165, 1.54) is 23.7 Å². The highest BCUT2D eigenvalue weighted by molar-refractivity contribution is 5.96. The average Bonchev–Trinajstić information content (AvgIpc) is 3.37. The molecule has 37 heavy (non-hydrogen) atoms. The second-order valence-corrected chi connectivity index (χ2v) is 9.70. The van der Waals surface area contributed by atoms with Crippen LogP contribution in [0.4, 0.5) is 5.69 Å². The molecule has 6 rings (SSSR count). The number of hydrogen-bond donors (Lipinski definition) is 0. The Morgan fingerprint density at radius 3 is 2.68 bits per heavy atom. The first-order valence-corrected chi connectivity index (χ1v) is 12.8. The van der Waals surface area contributed by atoms with Gasteiger partial charge in [0.15, 0.2) is 0 Å². The zero-order valence-electron chi connectivity index (χ0n) is 21.3. The summed E-state index contributed by atoms with van der Waals surface area (Å²) >= 11 is 0. The Morgan fingerprint density at radius 2 is 1.84 bits per heavy atom. The van der Waals surface area contributed by atoms with E-state index in [0.29, 0.717) is 12.3 Å². The third-order valence-corrected chi connectivity index (χ3v) is 7.35. The van der Waals surface area contributed by atoms with Crippen LogP contribution in [0.1, 0.15) is 27.4 Å². The largest absolute Gasteiger partial charge is 0.485 e. The van der Waals surface area contributed by atoms with Gasteiger partial charge >= 0.3 is 0 Å². The third kappa shape index (κ3) is 4.47. The summed E-state index contributed by atoms with van der Waals surface area (Å²) in [5.41, 5.74) is 6.70. The molecule has 2 aromatic heterocycles. The Morgan fingerprint density at radius 1 is 1.03 bits per heavy atom. The Kier molecular flexibility index (Phi) is 6.36. The number of carbonyl (C=O) groups excluding carboxylic acids is 1. The quantitative estimate of drug-likeness (QED) is 0.360. The van der Waals surface area contributed by atoms with Gasteiger partial charge < -0.3 is 14.4 Å². The van der Waals surface area contributed by atoms with Crippen molar-refractivity contribution in [1.82, 2.24) is 19.4 Å². The van der Waals surface area contributed by atoms with E-state index in [1.54, 1.807) is 6.33 Å².